The molecule has 8 atom stereocenters. The van der Waals surface area contributed by atoms with Crippen LogP contribution in [0.15, 0.2) is 48.6 Å². The predicted molar refractivity (Wildman–Crippen MR) is 224 cm³/mol. The van der Waals surface area contributed by atoms with Crippen LogP contribution in [0.2, 0.25) is 0 Å². The van der Waals surface area contributed by atoms with Crippen molar-refractivity contribution in [1.29, 1.82) is 0 Å². The molecular formula is C43H78NO12P. The lowest BCUT2D eigenvalue weighted by atomic mass is 9.85. The summed E-state index contributed by atoms with van der Waals surface area (Å²) in [5, 5.41) is 74.2. The maximum absolute atomic E-state index is 12.9. The highest BCUT2D eigenvalue weighted by Gasteiger charge is 2.51. The van der Waals surface area contributed by atoms with E-state index in [2.05, 4.69) is 49.5 Å². The number of nitrogens with one attached hydrogen (secondary N) is 1. The first-order valence-corrected chi connectivity index (χ1v) is 23.2. The molecule has 0 aromatic rings. The van der Waals surface area contributed by atoms with Gasteiger partial charge in [-0.2, -0.15) is 0 Å². The largest absolute Gasteiger partial charge is 0.472 e. The lowest BCUT2D eigenvalue weighted by Gasteiger charge is -2.41. The van der Waals surface area contributed by atoms with E-state index in [1.807, 2.05) is 6.08 Å². The second-order valence-corrected chi connectivity index (χ2v) is 16.8. The number of amides is 1. The molecule has 1 saturated carbocycles. The Labute approximate surface area is 342 Å². The number of carbonyl (C=O) groups excluding carboxylic acids is 1. The van der Waals surface area contributed by atoms with Crippen LogP contribution in [0, 0.1) is 0 Å². The monoisotopic (exact) mass is 832 g/mol. The maximum Gasteiger partial charge on any atom is 0.472 e. The van der Waals surface area contributed by atoms with Crippen LogP contribution in [0.4, 0.5) is 0 Å². The number of rotatable bonds is 34. The summed E-state index contributed by atoms with van der Waals surface area (Å²) >= 11 is 0. The van der Waals surface area contributed by atoms with Gasteiger partial charge in [0, 0.05) is 0 Å². The van der Waals surface area contributed by atoms with E-state index in [0.717, 1.165) is 57.8 Å². The Morgan fingerprint density at radius 3 is 1.61 bits per heavy atom. The Kier molecular flexibility index (Phi) is 30.9. The quantitative estimate of drug-likeness (QED) is 0.0196. The van der Waals surface area contributed by atoms with Crippen molar-refractivity contribution in [3.8, 4) is 0 Å². The number of phosphoric ester groups is 1. The Morgan fingerprint density at radius 2 is 1.07 bits per heavy atom. The van der Waals surface area contributed by atoms with E-state index in [0.29, 0.717) is 19.3 Å². The molecule has 1 fully saturated rings. The molecular weight excluding hydrogens is 753 g/mol. The van der Waals surface area contributed by atoms with Gasteiger partial charge in [-0.3, -0.25) is 13.8 Å². The molecule has 0 spiro atoms. The third kappa shape index (κ3) is 25.5. The Bertz CT molecular complexity index is 1170. The van der Waals surface area contributed by atoms with Crippen molar-refractivity contribution in [1.82, 2.24) is 5.32 Å². The molecule has 13 nitrogen and oxygen atoms in total. The minimum absolute atomic E-state index is 0.268. The van der Waals surface area contributed by atoms with Crippen LogP contribution >= 0.6 is 7.82 Å². The molecule has 1 rings (SSSR count). The van der Waals surface area contributed by atoms with Crippen LogP contribution in [0.25, 0.3) is 0 Å². The van der Waals surface area contributed by atoms with Crippen LogP contribution in [-0.4, -0.2) is 108 Å². The molecule has 0 aliphatic heterocycles. The number of unbranched alkanes of at least 4 members (excludes halogenated alkanes) is 15. The first-order chi connectivity index (χ1) is 27.3. The molecule has 1 aliphatic rings. The number of hydrogen-bond donors (Lipinski definition) is 9. The summed E-state index contributed by atoms with van der Waals surface area (Å²) in [4.78, 5) is 23.3. The van der Waals surface area contributed by atoms with Gasteiger partial charge in [0.2, 0.25) is 5.91 Å². The van der Waals surface area contributed by atoms with E-state index in [1.165, 1.54) is 63.9 Å². The molecule has 1 amide bonds. The van der Waals surface area contributed by atoms with Crippen molar-refractivity contribution in [3.63, 3.8) is 0 Å². The van der Waals surface area contributed by atoms with Crippen molar-refractivity contribution in [3.05, 3.63) is 48.6 Å². The number of hydrogen-bond acceptors (Lipinski definition) is 11. The fraction of sp³-hybridized carbons (Fsp3) is 0.791. The van der Waals surface area contributed by atoms with Crippen LogP contribution in [0.3, 0.4) is 0 Å². The van der Waals surface area contributed by atoms with Gasteiger partial charge in [0.05, 0.1) is 31.3 Å². The average molecular weight is 832 g/mol. The van der Waals surface area contributed by atoms with Gasteiger partial charge in [-0.05, 0) is 64.2 Å². The molecule has 57 heavy (non-hydrogen) atoms. The third-order valence-corrected chi connectivity index (χ3v) is 11.1. The lowest BCUT2D eigenvalue weighted by molar-refractivity contribution is -0.220. The molecule has 332 valence electrons. The second kappa shape index (κ2) is 33.0. The minimum Gasteiger partial charge on any atom is -0.393 e. The van der Waals surface area contributed by atoms with Gasteiger partial charge in [0.1, 0.15) is 36.6 Å². The zero-order chi connectivity index (χ0) is 42.3. The van der Waals surface area contributed by atoms with Crippen LogP contribution in [-0.2, 0) is 18.4 Å². The van der Waals surface area contributed by atoms with E-state index in [-0.39, 0.29) is 6.42 Å². The summed E-state index contributed by atoms with van der Waals surface area (Å²) < 4.78 is 22.7. The summed E-state index contributed by atoms with van der Waals surface area (Å²) in [7, 11) is -5.15. The molecule has 0 saturated heterocycles. The van der Waals surface area contributed by atoms with Crippen LogP contribution in [0.5, 0.6) is 0 Å². The Hall–Kier alpha value is -1.74. The second-order valence-electron chi connectivity index (χ2n) is 15.4. The number of aliphatic hydroxyl groups is 7. The highest BCUT2D eigenvalue weighted by Crippen LogP contribution is 2.47. The van der Waals surface area contributed by atoms with E-state index in [4.69, 9.17) is 9.05 Å². The fourth-order valence-electron chi connectivity index (χ4n) is 6.51. The molecule has 1 aliphatic carbocycles. The summed E-state index contributed by atoms with van der Waals surface area (Å²) in [6.45, 7) is 3.61. The van der Waals surface area contributed by atoms with Crippen molar-refractivity contribution in [2.24, 2.45) is 0 Å². The Morgan fingerprint density at radius 1 is 0.614 bits per heavy atom. The number of phosphoric acid groups is 1. The molecule has 0 heterocycles. The van der Waals surface area contributed by atoms with Crippen LogP contribution in [0.1, 0.15) is 155 Å². The average Bonchev–Trinajstić information content (AvgIpc) is 3.18. The molecule has 9 N–H and O–H groups in total. The van der Waals surface area contributed by atoms with Crippen molar-refractivity contribution >= 4 is 13.7 Å². The molecule has 8 unspecified atom stereocenters. The topological polar surface area (TPSA) is 226 Å². The standard InChI is InChI=1S/C43H78NO12P/c1-3-5-7-9-11-13-15-16-17-18-19-21-22-24-26-28-30-34(45)32-37(47)44-35(36(46)31-29-27-25-23-20-14-12-10-8-6-4-2)33-55-57(53,54)56-43-41(51)39(49)38(48)40(50)42(43)52/h8,10,19-21,23,29,31,34-36,38-43,45-46,48-52H,3-7,9,11-18,22,24-28,30,32-33H2,1-2H3,(H,44,47)(H,53,54)/b10-8+,21-19-,23-20+,31-29+. The fourth-order valence-corrected chi connectivity index (χ4v) is 7.47. The maximum atomic E-state index is 12.9. The lowest BCUT2D eigenvalue weighted by Crippen LogP contribution is -2.64. The first kappa shape index (κ1) is 53.3. The van der Waals surface area contributed by atoms with Crippen molar-refractivity contribution < 1.29 is 59.0 Å². The smallest absolute Gasteiger partial charge is 0.393 e. The van der Waals surface area contributed by atoms with E-state index in [9.17, 15) is 50.0 Å². The number of carbonyl (C=O) groups is 1. The van der Waals surface area contributed by atoms with Gasteiger partial charge < -0.3 is 46.0 Å². The van der Waals surface area contributed by atoms with Crippen molar-refractivity contribution in [2.75, 3.05) is 6.61 Å². The van der Waals surface area contributed by atoms with Crippen LogP contribution < -0.4 is 5.32 Å². The van der Waals surface area contributed by atoms with E-state index >= 15 is 0 Å². The van der Waals surface area contributed by atoms with Gasteiger partial charge in [-0.15, -0.1) is 0 Å². The van der Waals surface area contributed by atoms with Gasteiger partial charge >= 0.3 is 7.82 Å². The van der Waals surface area contributed by atoms with Crippen molar-refractivity contribution in [2.45, 2.75) is 210 Å². The molecule has 0 bridgehead atoms. The molecule has 0 aromatic carbocycles. The van der Waals surface area contributed by atoms with E-state index in [1.54, 1.807) is 6.08 Å². The summed E-state index contributed by atoms with van der Waals surface area (Å²) in [6, 6.07) is -1.27. The highest BCUT2D eigenvalue weighted by molar-refractivity contribution is 7.47. The molecule has 0 aromatic heterocycles. The van der Waals surface area contributed by atoms with E-state index < -0.39 is 75.2 Å². The highest BCUT2D eigenvalue weighted by atomic mass is 31.2. The zero-order valence-electron chi connectivity index (χ0n) is 34.7. The summed E-state index contributed by atoms with van der Waals surface area (Å²) in [6.07, 6.45) is 23.7. The SMILES string of the molecule is CCC/C=C/CC/C=C/CC/C=C/C(O)C(COP(=O)(O)OC1C(O)C(O)C(O)C(O)C1O)NC(=O)CC(O)CCCCC/C=C\CCCCCCCCCCC. The zero-order valence-corrected chi connectivity index (χ0v) is 35.6. The first-order valence-electron chi connectivity index (χ1n) is 21.7. The van der Waals surface area contributed by atoms with Gasteiger partial charge in [0.15, 0.2) is 0 Å². The number of allylic oxidation sites excluding steroid dienone is 7. The normalized spacial score (nSPS) is 24.5. The number of aliphatic hydroxyl groups excluding tert-OH is 7. The predicted octanol–water partition coefficient (Wildman–Crippen LogP) is 6.36. The molecule has 0 radical (unpaired) electrons. The van der Waals surface area contributed by atoms with Gasteiger partial charge in [-0.1, -0.05) is 133 Å². The van der Waals surface area contributed by atoms with Gasteiger partial charge in [-0.25, -0.2) is 4.57 Å². The molecule has 14 heteroatoms. The minimum atomic E-state index is -5.15. The summed E-state index contributed by atoms with van der Waals surface area (Å²) in [5.41, 5.74) is 0. The third-order valence-electron chi connectivity index (χ3n) is 10.1. The van der Waals surface area contributed by atoms with Gasteiger partial charge in [0.25, 0.3) is 0 Å². The summed E-state index contributed by atoms with van der Waals surface area (Å²) in [5.74, 6) is -0.619. The Balaban J connectivity index is 2.60.